The number of hydrogen-bond acceptors (Lipinski definition) is 4. The molecule has 15 heavy (non-hydrogen) atoms. The summed E-state index contributed by atoms with van der Waals surface area (Å²) in [6.45, 7) is 2.08. The minimum atomic E-state index is 0.319. The van der Waals surface area contributed by atoms with E-state index in [9.17, 15) is 0 Å². The second kappa shape index (κ2) is 4.98. The van der Waals surface area contributed by atoms with Gasteiger partial charge in [0.2, 0.25) is 5.88 Å². The fraction of sp³-hybridized carbons (Fsp3) is 0.545. The molecule has 1 aliphatic heterocycles. The number of nitrogens with one attached hydrogen (secondary N) is 2. The molecule has 0 aromatic carbocycles. The van der Waals surface area contributed by atoms with Crippen molar-refractivity contribution in [2.24, 2.45) is 0 Å². The summed E-state index contributed by atoms with van der Waals surface area (Å²) in [7, 11) is 1.88. The van der Waals surface area contributed by atoms with E-state index in [2.05, 4.69) is 15.6 Å². The minimum Gasteiger partial charge on any atom is -0.474 e. The zero-order valence-corrected chi connectivity index (χ0v) is 8.99. The second-order valence-electron chi connectivity index (χ2n) is 3.70. The van der Waals surface area contributed by atoms with Crippen LogP contribution in [0.15, 0.2) is 18.3 Å². The molecule has 1 aliphatic rings. The van der Waals surface area contributed by atoms with Gasteiger partial charge in [0.25, 0.3) is 0 Å². The third-order valence-corrected chi connectivity index (χ3v) is 2.60. The highest BCUT2D eigenvalue weighted by molar-refractivity contribution is 5.41. The van der Waals surface area contributed by atoms with E-state index in [1.165, 1.54) is 0 Å². The second-order valence-corrected chi connectivity index (χ2v) is 3.70. The number of pyridine rings is 1. The number of hydrogen-bond donors (Lipinski definition) is 2. The molecule has 2 N–H and O–H groups in total. The van der Waals surface area contributed by atoms with Crippen molar-refractivity contribution in [3.8, 4) is 5.88 Å². The summed E-state index contributed by atoms with van der Waals surface area (Å²) >= 11 is 0. The van der Waals surface area contributed by atoms with Gasteiger partial charge < -0.3 is 15.4 Å². The molecule has 2 rings (SSSR count). The third-order valence-electron chi connectivity index (χ3n) is 2.60. The highest BCUT2D eigenvalue weighted by atomic mass is 16.5. The summed E-state index contributed by atoms with van der Waals surface area (Å²) in [6, 6.07) is 3.89. The van der Waals surface area contributed by atoms with Crippen LogP contribution in [0.25, 0.3) is 0 Å². The van der Waals surface area contributed by atoms with Crippen LogP contribution < -0.4 is 15.4 Å². The van der Waals surface area contributed by atoms with E-state index in [0.29, 0.717) is 6.10 Å². The predicted octanol–water partition coefficient (Wildman–Crippen LogP) is 1.25. The van der Waals surface area contributed by atoms with Crippen LogP contribution in [0.2, 0.25) is 0 Å². The van der Waals surface area contributed by atoms with Crippen molar-refractivity contribution < 1.29 is 4.74 Å². The number of anilines is 1. The first-order valence-electron chi connectivity index (χ1n) is 5.39. The molecule has 0 radical (unpaired) electrons. The summed E-state index contributed by atoms with van der Waals surface area (Å²) in [5, 5.41) is 6.34. The highest BCUT2D eigenvalue weighted by Gasteiger charge is 2.14. The molecule has 0 amide bonds. The van der Waals surface area contributed by atoms with Crippen LogP contribution in [-0.2, 0) is 0 Å². The lowest BCUT2D eigenvalue weighted by atomic mass is 10.1. The van der Waals surface area contributed by atoms with Gasteiger partial charge in [-0.3, -0.25) is 0 Å². The van der Waals surface area contributed by atoms with Gasteiger partial charge in [0.15, 0.2) is 0 Å². The molecule has 0 atom stereocenters. The van der Waals surface area contributed by atoms with Crippen molar-refractivity contribution in [3.63, 3.8) is 0 Å². The van der Waals surface area contributed by atoms with Crippen molar-refractivity contribution in [1.29, 1.82) is 0 Å². The van der Waals surface area contributed by atoms with Crippen LogP contribution in [0.4, 0.5) is 5.69 Å². The van der Waals surface area contributed by atoms with Crippen LogP contribution >= 0.6 is 0 Å². The van der Waals surface area contributed by atoms with Crippen molar-refractivity contribution >= 4 is 5.69 Å². The first-order valence-corrected chi connectivity index (χ1v) is 5.39. The summed E-state index contributed by atoms with van der Waals surface area (Å²) in [5.74, 6) is 0.723. The SMILES string of the molecule is CNc1ccc(OC2CCNCC2)nc1. The molecular formula is C11H17N3O. The molecule has 0 bridgehead atoms. The molecule has 4 heteroatoms. The van der Waals surface area contributed by atoms with Crippen LogP contribution in [-0.4, -0.2) is 31.2 Å². The molecule has 0 saturated carbocycles. The smallest absolute Gasteiger partial charge is 0.213 e. The molecule has 0 aliphatic carbocycles. The van der Waals surface area contributed by atoms with E-state index in [4.69, 9.17) is 4.74 Å². The van der Waals surface area contributed by atoms with Crippen molar-refractivity contribution in [3.05, 3.63) is 18.3 Å². The van der Waals surface area contributed by atoms with E-state index in [1.807, 2.05) is 19.2 Å². The largest absolute Gasteiger partial charge is 0.474 e. The van der Waals surface area contributed by atoms with Crippen LogP contribution in [0.1, 0.15) is 12.8 Å². The predicted molar refractivity (Wildman–Crippen MR) is 60.3 cm³/mol. The molecular weight excluding hydrogens is 190 g/mol. The topological polar surface area (TPSA) is 46.2 Å². The zero-order valence-electron chi connectivity index (χ0n) is 8.99. The zero-order chi connectivity index (χ0) is 10.5. The number of piperidine rings is 1. The van der Waals surface area contributed by atoms with E-state index >= 15 is 0 Å². The Balaban J connectivity index is 1.91. The van der Waals surface area contributed by atoms with Gasteiger partial charge in [0.1, 0.15) is 6.10 Å². The van der Waals surface area contributed by atoms with E-state index in [-0.39, 0.29) is 0 Å². The molecule has 1 fully saturated rings. The molecule has 1 saturated heterocycles. The Morgan fingerprint density at radius 1 is 1.40 bits per heavy atom. The van der Waals surface area contributed by atoms with Gasteiger partial charge in [-0.2, -0.15) is 0 Å². The highest BCUT2D eigenvalue weighted by Crippen LogP contribution is 2.15. The Morgan fingerprint density at radius 3 is 2.80 bits per heavy atom. The molecule has 4 nitrogen and oxygen atoms in total. The first kappa shape index (κ1) is 10.2. The average molecular weight is 207 g/mol. The Kier molecular flexibility index (Phi) is 3.40. The first-order chi connectivity index (χ1) is 7.38. The van der Waals surface area contributed by atoms with Crippen LogP contribution in [0.3, 0.4) is 0 Å². The maximum atomic E-state index is 5.78. The maximum Gasteiger partial charge on any atom is 0.213 e. The Labute approximate surface area is 90.0 Å². The summed E-state index contributed by atoms with van der Waals surface area (Å²) in [4.78, 5) is 4.24. The van der Waals surface area contributed by atoms with Crippen LogP contribution in [0, 0.1) is 0 Å². The van der Waals surface area contributed by atoms with Gasteiger partial charge in [0.05, 0.1) is 11.9 Å². The summed E-state index contributed by atoms with van der Waals surface area (Å²) in [5.41, 5.74) is 1.01. The third kappa shape index (κ3) is 2.83. The van der Waals surface area contributed by atoms with Crippen molar-refractivity contribution in [2.45, 2.75) is 18.9 Å². The average Bonchev–Trinajstić information content (AvgIpc) is 2.31. The lowest BCUT2D eigenvalue weighted by Gasteiger charge is -2.23. The maximum absolute atomic E-state index is 5.78. The Bertz CT molecular complexity index is 293. The molecule has 1 aromatic heterocycles. The number of ether oxygens (including phenoxy) is 1. The minimum absolute atomic E-state index is 0.319. The molecule has 2 heterocycles. The number of aromatic nitrogens is 1. The van der Waals surface area contributed by atoms with Crippen molar-refractivity contribution in [1.82, 2.24) is 10.3 Å². The quantitative estimate of drug-likeness (QED) is 0.783. The Hall–Kier alpha value is -1.29. The van der Waals surface area contributed by atoms with Crippen molar-refractivity contribution in [2.75, 3.05) is 25.5 Å². The van der Waals surface area contributed by atoms with Gasteiger partial charge in [-0.1, -0.05) is 0 Å². The fourth-order valence-electron chi connectivity index (χ4n) is 1.68. The van der Waals surface area contributed by atoms with Gasteiger partial charge >= 0.3 is 0 Å². The van der Waals surface area contributed by atoms with Crippen LogP contribution in [0.5, 0.6) is 5.88 Å². The monoisotopic (exact) mass is 207 g/mol. The normalized spacial score (nSPS) is 17.4. The fourth-order valence-corrected chi connectivity index (χ4v) is 1.68. The van der Waals surface area contributed by atoms with Gasteiger partial charge in [-0.15, -0.1) is 0 Å². The van der Waals surface area contributed by atoms with E-state index in [1.54, 1.807) is 6.20 Å². The standard InChI is InChI=1S/C11H17N3O/c1-12-9-2-3-11(14-8-9)15-10-4-6-13-7-5-10/h2-3,8,10,12-13H,4-7H2,1H3. The lowest BCUT2D eigenvalue weighted by Crippen LogP contribution is -2.34. The number of rotatable bonds is 3. The molecule has 1 aromatic rings. The Morgan fingerprint density at radius 2 is 2.20 bits per heavy atom. The molecule has 0 unspecified atom stereocenters. The van der Waals surface area contributed by atoms with E-state index in [0.717, 1.165) is 37.5 Å². The summed E-state index contributed by atoms with van der Waals surface area (Å²) < 4.78 is 5.78. The molecule has 0 spiro atoms. The van der Waals surface area contributed by atoms with Gasteiger partial charge in [-0.25, -0.2) is 4.98 Å². The van der Waals surface area contributed by atoms with E-state index < -0.39 is 0 Å². The lowest BCUT2D eigenvalue weighted by molar-refractivity contribution is 0.156. The van der Waals surface area contributed by atoms with Gasteiger partial charge in [-0.05, 0) is 32.0 Å². The number of nitrogens with zero attached hydrogens (tertiary/aromatic N) is 1. The molecule has 82 valence electrons. The van der Waals surface area contributed by atoms with Gasteiger partial charge in [0, 0.05) is 13.1 Å². The summed E-state index contributed by atoms with van der Waals surface area (Å²) in [6.07, 6.45) is 4.24.